The lowest BCUT2D eigenvalue weighted by atomic mass is 10.1. The minimum absolute atomic E-state index is 0.0959. The largest absolute Gasteiger partial charge is 0.464 e. The molecule has 2 rings (SSSR count). The molecule has 114 valence electrons. The summed E-state index contributed by atoms with van der Waals surface area (Å²) < 4.78 is 44.6. The second-order valence-electron chi connectivity index (χ2n) is 4.11. The summed E-state index contributed by atoms with van der Waals surface area (Å²) in [7, 11) is 1.12. The van der Waals surface area contributed by atoms with Gasteiger partial charge in [-0.3, -0.25) is 0 Å². The maximum atomic E-state index is 13.8. The number of hydrogen-bond donors (Lipinski definition) is 1. The number of halogens is 3. The second-order valence-corrected chi connectivity index (χ2v) is 4.11. The van der Waals surface area contributed by atoms with Crippen molar-refractivity contribution in [2.24, 2.45) is 0 Å². The van der Waals surface area contributed by atoms with Gasteiger partial charge in [0.25, 0.3) is 0 Å². The van der Waals surface area contributed by atoms with Crippen LogP contribution in [0.1, 0.15) is 16.1 Å². The van der Waals surface area contributed by atoms with Gasteiger partial charge in [0.1, 0.15) is 5.82 Å². The molecule has 0 spiro atoms. The molecule has 0 saturated heterocycles. The molecule has 0 aliphatic carbocycles. The van der Waals surface area contributed by atoms with E-state index in [0.717, 1.165) is 13.2 Å². The van der Waals surface area contributed by atoms with Crippen LogP contribution in [-0.4, -0.2) is 23.0 Å². The molecule has 0 fully saturated rings. The fourth-order valence-electron chi connectivity index (χ4n) is 1.76. The molecule has 0 saturated carbocycles. The third-order valence-electron chi connectivity index (χ3n) is 2.83. The van der Waals surface area contributed by atoms with Crippen LogP contribution in [0.3, 0.4) is 0 Å². The number of carbonyl (C=O) groups excluding carboxylic acids is 1. The number of rotatable bonds is 3. The molecule has 0 radical (unpaired) electrons. The Morgan fingerprint density at radius 2 is 1.95 bits per heavy atom. The summed E-state index contributed by atoms with van der Waals surface area (Å²) in [5.74, 6) is -5.92. The van der Waals surface area contributed by atoms with Gasteiger partial charge in [-0.1, -0.05) is 12.7 Å². The van der Waals surface area contributed by atoms with Gasteiger partial charge in [0.2, 0.25) is 0 Å². The minimum atomic E-state index is -1.67. The molecule has 1 aromatic carbocycles. The molecule has 2 aromatic rings. The Kier molecular flexibility index (Phi) is 4.11. The van der Waals surface area contributed by atoms with E-state index < -0.39 is 29.0 Å². The zero-order valence-electron chi connectivity index (χ0n) is 11.4. The summed E-state index contributed by atoms with van der Waals surface area (Å²) in [6.45, 7) is 3.46. The van der Waals surface area contributed by atoms with Gasteiger partial charge in [-0.05, 0) is 12.1 Å². The highest BCUT2D eigenvalue weighted by atomic mass is 19.2. The number of carbonyl (C=O) groups is 1. The molecule has 0 bridgehead atoms. The Labute approximate surface area is 123 Å². The SMILES string of the molecule is C=Cc1c(N)nc(-c2ccc(F)c(F)c2F)nc1C(=O)OC. The van der Waals surface area contributed by atoms with E-state index in [-0.39, 0.29) is 22.9 Å². The number of benzene rings is 1. The van der Waals surface area contributed by atoms with Crippen molar-refractivity contribution in [1.29, 1.82) is 0 Å². The fraction of sp³-hybridized carbons (Fsp3) is 0.0714. The summed E-state index contributed by atoms with van der Waals surface area (Å²) in [6.07, 6.45) is 1.23. The lowest BCUT2D eigenvalue weighted by Gasteiger charge is -2.10. The second kappa shape index (κ2) is 5.84. The molecule has 1 aromatic heterocycles. The molecule has 0 atom stereocenters. The first-order chi connectivity index (χ1) is 10.4. The third kappa shape index (κ3) is 2.50. The highest BCUT2D eigenvalue weighted by Crippen LogP contribution is 2.26. The molecule has 5 nitrogen and oxygen atoms in total. The van der Waals surface area contributed by atoms with Crippen molar-refractivity contribution >= 4 is 17.9 Å². The van der Waals surface area contributed by atoms with Crippen molar-refractivity contribution in [2.45, 2.75) is 0 Å². The Morgan fingerprint density at radius 3 is 2.55 bits per heavy atom. The minimum Gasteiger partial charge on any atom is -0.464 e. The van der Waals surface area contributed by atoms with Crippen molar-refractivity contribution < 1.29 is 22.7 Å². The highest BCUT2D eigenvalue weighted by Gasteiger charge is 2.22. The molecule has 1 heterocycles. The fourth-order valence-corrected chi connectivity index (χ4v) is 1.76. The monoisotopic (exact) mass is 309 g/mol. The maximum absolute atomic E-state index is 13.8. The van der Waals surface area contributed by atoms with Crippen LogP contribution in [0.15, 0.2) is 18.7 Å². The van der Waals surface area contributed by atoms with Crippen LogP contribution in [0.4, 0.5) is 19.0 Å². The van der Waals surface area contributed by atoms with Crippen LogP contribution >= 0.6 is 0 Å². The van der Waals surface area contributed by atoms with Gasteiger partial charge < -0.3 is 10.5 Å². The molecule has 22 heavy (non-hydrogen) atoms. The normalized spacial score (nSPS) is 10.4. The quantitative estimate of drug-likeness (QED) is 0.696. The van der Waals surface area contributed by atoms with Crippen molar-refractivity contribution in [3.8, 4) is 11.4 Å². The van der Waals surface area contributed by atoms with Crippen molar-refractivity contribution in [3.63, 3.8) is 0 Å². The van der Waals surface area contributed by atoms with Gasteiger partial charge in [0.15, 0.2) is 29.0 Å². The Balaban J connectivity index is 2.73. The number of nitrogen functional groups attached to an aromatic ring is 1. The summed E-state index contributed by atoms with van der Waals surface area (Å²) in [6, 6.07) is 1.66. The average molecular weight is 309 g/mol. The van der Waals surface area contributed by atoms with Crippen molar-refractivity contribution in [2.75, 3.05) is 12.8 Å². The molecule has 8 heteroatoms. The summed E-state index contributed by atoms with van der Waals surface area (Å²) in [4.78, 5) is 19.3. The molecule has 0 amide bonds. The van der Waals surface area contributed by atoms with Crippen LogP contribution in [0.25, 0.3) is 17.5 Å². The van der Waals surface area contributed by atoms with E-state index >= 15 is 0 Å². The van der Waals surface area contributed by atoms with Gasteiger partial charge in [0.05, 0.1) is 12.7 Å². The van der Waals surface area contributed by atoms with E-state index in [4.69, 9.17) is 5.73 Å². The Hall–Kier alpha value is -2.90. The Morgan fingerprint density at radius 1 is 1.27 bits per heavy atom. The molecular weight excluding hydrogens is 299 g/mol. The molecule has 0 aliphatic heterocycles. The third-order valence-corrected chi connectivity index (χ3v) is 2.83. The Bertz CT molecular complexity index is 778. The lowest BCUT2D eigenvalue weighted by molar-refractivity contribution is 0.0593. The van der Waals surface area contributed by atoms with Gasteiger partial charge in [-0.25, -0.2) is 27.9 Å². The number of hydrogen-bond acceptors (Lipinski definition) is 5. The summed E-state index contributed by atoms with van der Waals surface area (Å²) >= 11 is 0. The van der Waals surface area contributed by atoms with Gasteiger partial charge >= 0.3 is 5.97 Å². The molecule has 2 N–H and O–H groups in total. The van der Waals surface area contributed by atoms with Gasteiger partial charge in [-0.15, -0.1) is 0 Å². The standard InChI is InChI=1S/C14H10F3N3O2/c1-3-6-11(14(21)22-2)19-13(20-12(6)18)7-4-5-8(15)10(17)9(7)16/h3-5H,1H2,2H3,(H2,18,19,20). The zero-order valence-corrected chi connectivity index (χ0v) is 11.4. The molecule has 0 aliphatic rings. The van der Waals surface area contributed by atoms with E-state index in [0.29, 0.717) is 6.07 Å². The van der Waals surface area contributed by atoms with E-state index in [9.17, 15) is 18.0 Å². The van der Waals surface area contributed by atoms with E-state index in [1.165, 1.54) is 6.08 Å². The first-order valence-corrected chi connectivity index (χ1v) is 5.92. The van der Waals surface area contributed by atoms with Crippen molar-refractivity contribution in [1.82, 2.24) is 9.97 Å². The lowest BCUT2D eigenvalue weighted by Crippen LogP contribution is -2.12. The van der Waals surface area contributed by atoms with Crippen molar-refractivity contribution in [3.05, 3.63) is 47.4 Å². The van der Waals surface area contributed by atoms with Crippen LogP contribution in [0.2, 0.25) is 0 Å². The highest BCUT2D eigenvalue weighted by molar-refractivity contribution is 5.93. The van der Waals surface area contributed by atoms with Crippen LogP contribution in [-0.2, 0) is 4.74 Å². The number of aromatic nitrogens is 2. The van der Waals surface area contributed by atoms with Crippen LogP contribution < -0.4 is 5.73 Å². The number of methoxy groups -OCH3 is 1. The number of anilines is 1. The van der Waals surface area contributed by atoms with Gasteiger partial charge in [0, 0.05) is 5.56 Å². The number of nitrogens with zero attached hydrogens (tertiary/aromatic N) is 2. The van der Waals surface area contributed by atoms with E-state index in [1.54, 1.807) is 0 Å². The number of esters is 1. The van der Waals surface area contributed by atoms with Gasteiger partial charge in [-0.2, -0.15) is 0 Å². The van der Waals surface area contributed by atoms with E-state index in [1.807, 2.05) is 0 Å². The average Bonchev–Trinajstić information content (AvgIpc) is 2.51. The van der Waals surface area contributed by atoms with Crippen LogP contribution in [0, 0.1) is 17.5 Å². The predicted molar refractivity (Wildman–Crippen MR) is 73.2 cm³/mol. The topological polar surface area (TPSA) is 78.1 Å². The number of nitrogens with two attached hydrogens (primary N) is 1. The predicted octanol–water partition coefficient (Wildman–Crippen LogP) is 2.57. The first kappa shape index (κ1) is 15.5. The molecular formula is C14H10F3N3O2. The van der Waals surface area contributed by atoms with E-state index in [2.05, 4.69) is 21.3 Å². The summed E-state index contributed by atoms with van der Waals surface area (Å²) in [5, 5.41) is 0. The maximum Gasteiger partial charge on any atom is 0.357 e. The first-order valence-electron chi connectivity index (χ1n) is 5.92. The smallest absolute Gasteiger partial charge is 0.357 e. The zero-order chi connectivity index (χ0) is 16.4. The molecule has 0 unspecified atom stereocenters. The summed E-state index contributed by atoms with van der Waals surface area (Å²) in [5.41, 5.74) is 5.06. The van der Waals surface area contributed by atoms with Crippen LogP contribution in [0.5, 0.6) is 0 Å². The number of ether oxygens (including phenoxy) is 1.